The lowest BCUT2D eigenvalue weighted by molar-refractivity contribution is 0.0979. The Morgan fingerprint density at radius 2 is 2.18 bits per heavy atom. The standard InChI is InChI=1S/C15H20O2/c1-2-3-4-8-15(16)12-6-5-7-14(11-12)17-13-9-10-13/h5-7,11,13H,2-4,8-10H2,1H3. The molecular formula is C15H20O2. The number of carbonyl (C=O) groups is 1. The minimum atomic E-state index is 0.236. The van der Waals surface area contributed by atoms with Gasteiger partial charge in [0.05, 0.1) is 6.10 Å². The van der Waals surface area contributed by atoms with Crippen LogP contribution in [0.2, 0.25) is 0 Å². The number of ether oxygens (including phenoxy) is 1. The largest absolute Gasteiger partial charge is 0.490 e. The molecule has 0 saturated heterocycles. The van der Waals surface area contributed by atoms with E-state index in [2.05, 4.69) is 6.92 Å². The Bertz CT molecular complexity index is 380. The van der Waals surface area contributed by atoms with Crippen molar-refractivity contribution in [3.63, 3.8) is 0 Å². The Hall–Kier alpha value is -1.31. The molecule has 0 unspecified atom stereocenters. The molecule has 2 rings (SSSR count). The summed E-state index contributed by atoms with van der Waals surface area (Å²) in [7, 11) is 0. The summed E-state index contributed by atoms with van der Waals surface area (Å²) in [6, 6.07) is 7.60. The fraction of sp³-hybridized carbons (Fsp3) is 0.533. The van der Waals surface area contributed by atoms with Crippen molar-refractivity contribution in [1.29, 1.82) is 0 Å². The molecule has 1 aliphatic carbocycles. The van der Waals surface area contributed by atoms with Gasteiger partial charge in [-0.2, -0.15) is 0 Å². The maximum absolute atomic E-state index is 11.9. The highest BCUT2D eigenvalue weighted by Crippen LogP contribution is 2.27. The van der Waals surface area contributed by atoms with Crippen LogP contribution in [0.3, 0.4) is 0 Å². The van der Waals surface area contributed by atoms with Crippen LogP contribution in [0, 0.1) is 0 Å². The van der Waals surface area contributed by atoms with Crippen molar-refractivity contribution < 1.29 is 9.53 Å². The first-order chi connectivity index (χ1) is 8.29. The van der Waals surface area contributed by atoms with Crippen molar-refractivity contribution in [3.05, 3.63) is 29.8 Å². The predicted octanol–water partition coefficient (Wildman–Crippen LogP) is 3.99. The molecule has 2 heteroatoms. The molecule has 0 N–H and O–H groups in total. The molecule has 17 heavy (non-hydrogen) atoms. The van der Waals surface area contributed by atoms with E-state index >= 15 is 0 Å². The Morgan fingerprint density at radius 3 is 2.88 bits per heavy atom. The number of hydrogen-bond donors (Lipinski definition) is 0. The molecule has 1 fully saturated rings. The van der Waals surface area contributed by atoms with Crippen LogP contribution in [-0.2, 0) is 0 Å². The third kappa shape index (κ3) is 3.88. The minimum absolute atomic E-state index is 0.236. The van der Waals surface area contributed by atoms with Crippen LogP contribution >= 0.6 is 0 Å². The number of benzene rings is 1. The van der Waals surface area contributed by atoms with Crippen LogP contribution in [0.25, 0.3) is 0 Å². The van der Waals surface area contributed by atoms with E-state index in [1.54, 1.807) is 0 Å². The lowest BCUT2D eigenvalue weighted by Crippen LogP contribution is -2.01. The molecule has 2 nitrogen and oxygen atoms in total. The summed E-state index contributed by atoms with van der Waals surface area (Å²) in [6.07, 6.45) is 6.61. The van der Waals surface area contributed by atoms with Gasteiger partial charge in [-0.1, -0.05) is 31.9 Å². The average Bonchev–Trinajstić information content (AvgIpc) is 3.13. The number of carbonyl (C=O) groups excluding carboxylic acids is 1. The van der Waals surface area contributed by atoms with Crippen molar-refractivity contribution in [1.82, 2.24) is 0 Å². The zero-order valence-corrected chi connectivity index (χ0v) is 10.4. The highest BCUT2D eigenvalue weighted by Gasteiger charge is 2.23. The van der Waals surface area contributed by atoms with Gasteiger partial charge in [0.25, 0.3) is 0 Å². The van der Waals surface area contributed by atoms with E-state index in [4.69, 9.17) is 4.74 Å². The lowest BCUT2D eigenvalue weighted by atomic mass is 10.0. The van der Waals surface area contributed by atoms with Gasteiger partial charge < -0.3 is 4.74 Å². The Morgan fingerprint density at radius 1 is 1.35 bits per heavy atom. The summed E-state index contributed by atoms with van der Waals surface area (Å²) in [5.74, 6) is 1.08. The first-order valence-electron chi connectivity index (χ1n) is 6.59. The topological polar surface area (TPSA) is 26.3 Å². The summed E-state index contributed by atoms with van der Waals surface area (Å²) in [4.78, 5) is 11.9. The molecule has 92 valence electrons. The van der Waals surface area contributed by atoms with Gasteiger partial charge in [-0.05, 0) is 31.4 Å². The van der Waals surface area contributed by atoms with Crippen LogP contribution in [0.1, 0.15) is 55.8 Å². The zero-order chi connectivity index (χ0) is 12.1. The van der Waals surface area contributed by atoms with E-state index in [1.807, 2.05) is 24.3 Å². The summed E-state index contributed by atoms with van der Waals surface area (Å²) in [5, 5.41) is 0. The highest BCUT2D eigenvalue weighted by molar-refractivity contribution is 5.96. The Kier molecular flexibility index (Phi) is 4.18. The van der Waals surface area contributed by atoms with Crippen molar-refractivity contribution in [2.24, 2.45) is 0 Å². The maximum atomic E-state index is 11.9. The van der Waals surface area contributed by atoms with Crippen molar-refractivity contribution >= 4 is 5.78 Å². The maximum Gasteiger partial charge on any atom is 0.163 e. The SMILES string of the molecule is CCCCCC(=O)c1cccc(OC2CC2)c1. The van der Waals surface area contributed by atoms with E-state index in [9.17, 15) is 4.79 Å². The molecule has 1 aromatic rings. The molecule has 0 spiro atoms. The zero-order valence-electron chi connectivity index (χ0n) is 10.4. The highest BCUT2D eigenvalue weighted by atomic mass is 16.5. The predicted molar refractivity (Wildman–Crippen MR) is 68.6 cm³/mol. The van der Waals surface area contributed by atoms with Gasteiger partial charge in [0, 0.05) is 12.0 Å². The third-order valence-corrected chi connectivity index (χ3v) is 2.99. The van der Waals surface area contributed by atoms with Crippen LogP contribution in [0.15, 0.2) is 24.3 Å². The van der Waals surface area contributed by atoms with Gasteiger partial charge in [0.1, 0.15) is 5.75 Å². The number of rotatable bonds is 7. The number of ketones is 1. The van der Waals surface area contributed by atoms with E-state index < -0.39 is 0 Å². The molecule has 1 saturated carbocycles. The normalized spacial score (nSPS) is 14.6. The molecule has 0 atom stereocenters. The fourth-order valence-electron chi connectivity index (χ4n) is 1.80. The average molecular weight is 232 g/mol. The number of Topliss-reactive ketones (excluding diaryl/α,β-unsaturated/α-hetero) is 1. The second-order valence-electron chi connectivity index (χ2n) is 4.73. The molecular weight excluding hydrogens is 212 g/mol. The van der Waals surface area contributed by atoms with E-state index in [0.717, 1.165) is 43.4 Å². The number of unbranched alkanes of at least 4 members (excludes halogenated alkanes) is 2. The smallest absolute Gasteiger partial charge is 0.163 e. The van der Waals surface area contributed by atoms with Crippen LogP contribution in [0.5, 0.6) is 5.75 Å². The monoisotopic (exact) mass is 232 g/mol. The molecule has 0 bridgehead atoms. The molecule has 1 aliphatic rings. The second kappa shape index (κ2) is 5.85. The van der Waals surface area contributed by atoms with Crippen molar-refractivity contribution in [2.45, 2.75) is 51.6 Å². The van der Waals surface area contributed by atoms with Gasteiger partial charge in [0.15, 0.2) is 5.78 Å². The fourth-order valence-corrected chi connectivity index (χ4v) is 1.80. The molecule has 0 amide bonds. The molecule has 0 aliphatic heterocycles. The van der Waals surface area contributed by atoms with Crippen LogP contribution in [-0.4, -0.2) is 11.9 Å². The Balaban J connectivity index is 1.91. The third-order valence-electron chi connectivity index (χ3n) is 2.99. The summed E-state index contributed by atoms with van der Waals surface area (Å²) in [6.45, 7) is 2.15. The van der Waals surface area contributed by atoms with E-state index in [-0.39, 0.29) is 5.78 Å². The summed E-state index contributed by atoms with van der Waals surface area (Å²) in [5.41, 5.74) is 0.791. The molecule has 0 aromatic heterocycles. The first kappa shape index (κ1) is 12.2. The van der Waals surface area contributed by atoms with Crippen molar-refractivity contribution in [3.8, 4) is 5.75 Å². The second-order valence-corrected chi connectivity index (χ2v) is 4.73. The lowest BCUT2D eigenvalue weighted by Gasteiger charge is -2.06. The summed E-state index contributed by atoms with van der Waals surface area (Å²) < 4.78 is 5.69. The van der Waals surface area contributed by atoms with Gasteiger partial charge in [0.2, 0.25) is 0 Å². The van der Waals surface area contributed by atoms with Crippen LogP contribution < -0.4 is 4.74 Å². The molecule has 1 aromatic carbocycles. The minimum Gasteiger partial charge on any atom is -0.490 e. The number of hydrogen-bond acceptors (Lipinski definition) is 2. The first-order valence-corrected chi connectivity index (χ1v) is 6.59. The van der Waals surface area contributed by atoms with Gasteiger partial charge in [-0.15, -0.1) is 0 Å². The Labute approximate surface area is 103 Å². The molecule has 0 radical (unpaired) electrons. The van der Waals surface area contributed by atoms with E-state index in [0.29, 0.717) is 12.5 Å². The summed E-state index contributed by atoms with van der Waals surface area (Å²) >= 11 is 0. The van der Waals surface area contributed by atoms with Gasteiger partial charge >= 0.3 is 0 Å². The van der Waals surface area contributed by atoms with Crippen molar-refractivity contribution in [2.75, 3.05) is 0 Å². The van der Waals surface area contributed by atoms with Crippen LogP contribution in [0.4, 0.5) is 0 Å². The molecule has 0 heterocycles. The van der Waals surface area contributed by atoms with Gasteiger partial charge in [-0.3, -0.25) is 4.79 Å². The quantitative estimate of drug-likeness (QED) is 0.525. The van der Waals surface area contributed by atoms with Gasteiger partial charge in [-0.25, -0.2) is 0 Å². The van der Waals surface area contributed by atoms with E-state index in [1.165, 1.54) is 0 Å².